The second-order valence-corrected chi connectivity index (χ2v) is 7.66. The predicted molar refractivity (Wildman–Crippen MR) is 89.4 cm³/mol. The molecule has 2 aliphatic carbocycles. The van der Waals surface area contributed by atoms with Crippen LogP contribution in [-0.4, -0.2) is 35.3 Å². The second kappa shape index (κ2) is 6.00. The molecule has 1 aromatic rings. The van der Waals surface area contributed by atoms with Gasteiger partial charge in [0.25, 0.3) is 0 Å². The lowest BCUT2D eigenvalue weighted by Gasteiger charge is -2.36. The molecule has 1 aromatic heterocycles. The number of nitrogens with two attached hydrogens (primary N) is 1. The molecule has 1 saturated carbocycles. The fraction of sp³-hybridized carbons (Fsp3) is 0.765. The molecule has 2 atom stereocenters. The van der Waals surface area contributed by atoms with Crippen LogP contribution in [0.15, 0.2) is 0 Å². The highest BCUT2D eigenvalue weighted by Crippen LogP contribution is 2.49. The molecule has 1 spiro atoms. The zero-order chi connectivity index (χ0) is 17.7. The number of hydrogen-bond acceptors (Lipinski definition) is 5. The topological polar surface area (TPSA) is 75.9 Å². The molecule has 5 nitrogen and oxygen atoms in total. The van der Waals surface area contributed by atoms with Crippen LogP contribution in [-0.2, 0) is 11.8 Å². The maximum Gasteiger partial charge on any atom is 0.395 e. The molecule has 1 aliphatic heterocycles. The number of aromatic nitrogens is 2. The van der Waals surface area contributed by atoms with Crippen LogP contribution >= 0.6 is 0 Å². The predicted octanol–water partition coefficient (Wildman–Crippen LogP) is 2.77. The standard InChI is InChI=1S/C17H24F3N5/c18-17(19,20)11-8-22-9-12(11)23-14-10-4-3-7-16(5-1-2-6-16)13(10)24-15(21)25-14/h11-12,22H,1-9H2,(H3,21,23,24,25)/t11-,12-/m0/s1. The van der Waals surface area contributed by atoms with E-state index in [1.807, 2.05) is 0 Å². The van der Waals surface area contributed by atoms with E-state index in [4.69, 9.17) is 5.73 Å². The molecular weight excluding hydrogens is 331 g/mol. The molecule has 25 heavy (non-hydrogen) atoms. The Kier molecular flexibility index (Phi) is 4.05. The minimum atomic E-state index is -4.23. The second-order valence-electron chi connectivity index (χ2n) is 7.66. The molecule has 0 radical (unpaired) electrons. The van der Waals surface area contributed by atoms with Crippen molar-refractivity contribution in [3.8, 4) is 0 Å². The van der Waals surface area contributed by atoms with Gasteiger partial charge in [0.15, 0.2) is 0 Å². The van der Waals surface area contributed by atoms with Crippen molar-refractivity contribution in [1.82, 2.24) is 15.3 Å². The van der Waals surface area contributed by atoms with Crippen molar-refractivity contribution in [1.29, 1.82) is 0 Å². The number of anilines is 2. The summed E-state index contributed by atoms with van der Waals surface area (Å²) in [6.07, 6.45) is 3.22. The number of fused-ring (bicyclic) bond motifs is 2. The highest BCUT2D eigenvalue weighted by atomic mass is 19.4. The fourth-order valence-corrected chi connectivity index (χ4v) is 4.91. The van der Waals surface area contributed by atoms with Crippen molar-refractivity contribution < 1.29 is 13.2 Å². The highest BCUT2D eigenvalue weighted by Gasteiger charge is 2.48. The van der Waals surface area contributed by atoms with E-state index in [1.54, 1.807) is 0 Å². The normalized spacial score (nSPS) is 28.3. The van der Waals surface area contributed by atoms with Crippen molar-refractivity contribution in [2.24, 2.45) is 5.92 Å². The van der Waals surface area contributed by atoms with Crippen LogP contribution in [0.4, 0.5) is 24.9 Å². The number of nitrogen functional groups attached to an aromatic ring is 1. The van der Waals surface area contributed by atoms with Crippen LogP contribution in [0, 0.1) is 5.92 Å². The molecule has 0 bridgehead atoms. The van der Waals surface area contributed by atoms with Gasteiger partial charge >= 0.3 is 6.18 Å². The summed E-state index contributed by atoms with van der Waals surface area (Å²) in [4.78, 5) is 8.82. The van der Waals surface area contributed by atoms with Gasteiger partial charge in [-0.25, -0.2) is 4.98 Å². The molecule has 2 heterocycles. The molecule has 138 valence electrons. The van der Waals surface area contributed by atoms with Crippen molar-refractivity contribution >= 4 is 11.8 Å². The summed E-state index contributed by atoms with van der Waals surface area (Å²) in [5, 5.41) is 5.89. The molecule has 4 N–H and O–H groups in total. The molecule has 2 fully saturated rings. The Labute approximate surface area is 145 Å². The largest absolute Gasteiger partial charge is 0.395 e. The van der Waals surface area contributed by atoms with Gasteiger partial charge in [-0.15, -0.1) is 0 Å². The van der Waals surface area contributed by atoms with Gasteiger partial charge in [0.2, 0.25) is 5.95 Å². The molecule has 0 unspecified atom stereocenters. The maximum atomic E-state index is 13.2. The summed E-state index contributed by atoms with van der Waals surface area (Å²) in [6, 6.07) is -0.722. The Morgan fingerprint density at radius 2 is 1.80 bits per heavy atom. The van der Waals surface area contributed by atoms with Crippen LogP contribution in [0.5, 0.6) is 0 Å². The van der Waals surface area contributed by atoms with Crippen molar-refractivity contribution in [3.05, 3.63) is 11.3 Å². The molecule has 3 aliphatic rings. The number of alkyl halides is 3. The SMILES string of the molecule is Nc1nc(N[C@H]2CNC[C@@H]2C(F)(F)F)c2c(n1)C1(CCCC1)CCC2. The van der Waals surface area contributed by atoms with E-state index < -0.39 is 18.1 Å². The van der Waals surface area contributed by atoms with Gasteiger partial charge in [-0.3, -0.25) is 0 Å². The summed E-state index contributed by atoms with van der Waals surface area (Å²) < 4.78 is 39.7. The van der Waals surface area contributed by atoms with Crippen LogP contribution in [0.2, 0.25) is 0 Å². The zero-order valence-electron chi connectivity index (χ0n) is 14.1. The van der Waals surface area contributed by atoms with Crippen molar-refractivity contribution in [3.63, 3.8) is 0 Å². The monoisotopic (exact) mass is 355 g/mol. The molecule has 0 aromatic carbocycles. The average Bonchev–Trinajstić information content (AvgIpc) is 3.18. The first-order chi connectivity index (χ1) is 11.9. The van der Waals surface area contributed by atoms with Crippen LogP contribution in [0.1, 0.15) is 49.8 Å². The summed E-state index contributed by atoms with van der Waals surface area (Å²) in [7, 11) is 0. The fourth-order valence-electron chi connectivity index (χ4n) is 4.91. The minimum absolute atomic E-state index is 0.0540. The van der Waals surface area contributed by atoms with Gasteiger partial charge in [-0.05, 0) is 32.1 Å². The van der Waals surface area contributed by atoms with E-state index >= 15 is 0 Å². The molecule has 1 saturated heterocycles. The molecular formula is C17H24F3N5. The van der Waals surface area contributed by atoms with Gasteiger partial charge in [-0.1, -0.05) is 12.8 Å². The zero-order valence-corrected chi connectivity index (χ0v) is 14.1. The smallest absolute Gasteiger partial charge is 0.368 e. The Morgan fingerprint density at radius 1 is 1.08 bits per heavy atom. The van der Waals surface area contributed by atoms with Crippen molar-refractivity contribution in [2.45, 2.75) is 62.6 Å². The van der Waals surface area contributed by atoms with Crippen LogP contribution in [0.25, 0.3) is 0 Å². The van der Waals surface area contributed by atoms with Crippen LogP contribution in [0.3, 0.4) is 0 Å². The summed E-state index contributed by atoms with van der Waals surface area (Å²) in [6.45, 7) is 0.210. The third kappa shape index (κ3) is 2.94. The average molecular weight is 355 g/mol. The maximum absolute atomic E-state index is 13.2. The van der Waals surface area contributed by atoms with E-state index in [2.05, 4.69) is 20.6 Å². The van der Waals surface area contributed by atoms with E-state index in [0.29, 0.717) is 5.82 Å². The summed E-state index contributed by atoms with van der Waals surface area (Å²) >= 11 is 0. The number of rotatable bonds is 2. The quantitative estimate of drug-likeness (QED) is 0.761. The lowest BCUT2D eigenvalue weighted by atomic mass is 9.71. The minimum Gasteiger partial charge on any atom is -0.368 e. The number of nitrogens with zero attached hydrogens (tertiary/aromatic N) is 2. The Balaban J connectivity index is 1.68. The van der Waals surface area contributed by atoms with E-state index in [1.165, 1.54) is 12.8 Å². The third-order valence-electron chi connectivity index (χ3n) is 6.13. The lowest BCUT2D eigenvalue weighted by Crippen LogP contribution is -2.39. The molecule has 4 rings (SSSR count). The first-order valence-corrected chi connectivity index (χ1v) is 9.10. The number of hydrogen-bond donors (Lipinski definition) is 3. The first kappa shape index (κ1) is 16.9. The van der Waals surface area contributed by atoms with Gasteiger partial charge in [0.1, 0.15) is 5.82 Å². The van der Waals surface area contributed by atoms with Gasteiger partial charge < -0.3 is 16.4 Å². The van der Waals surface area contributed by atoms with E-state index in [0.717, 1.165) is 43.4 Å². The van der Waals surface area contributed by atoms with Crippen molar-refractivity contribution in [2.75, 3.05) is 24.1 Å². The summed E-state index contributed by atoms with van der Waals surface area (Å²) in [5.74, 6) is -0.747. The van der Waals surface area contributed by atoms with Gasteiger partial charge in [-0.2, -0.15) is 18.2 Å². The summed E-state index contributed by atoms with van der Waals surface area (Å²) in [5.41, 5.74) is 7.95. The van der Waals surface area contributed by atoms with E-state index in [9.17, 15) is 13.2 Å². The Hall–Kier alpha value is -1.57. The number of nitrogens with one attached hydrogen (secondary N) is 2. The number of halogens is 3. The Bertz CT molecular complexity index is 654. The highest BCUT2D eigenvalue weighted by molar-refractivity contribution is 5.54. The van der Waals surface area contributed by atoms with E-state index in [-0.39, 0.29) is 24.5 Å². The third-order valence-corrected chi connectivity index (χ3v) is 6.13. The lowest BCUT2D eigenvalue weighted by molar-refractivity contribution is -0.170. The van der Waals surface area contributed by atoms with Gasteiger partial charge in [0.05, 0.1) is 17.7 Å². The first-order valence-electron chi connectivity index (χ1n) is 9.10. The molecule has 0 amide bonds. The Morgan fingerprint density at radius 3 is 2.52 bits per heavy atom. The van der Waals surface area contributed by atoms with Crippen LogP contribution < -0.4 is 16.4 Å². The van der Waals surface area contributed by atoms with Gasteiger partial charge in [0, 0.05) is 24.1 Å². The molecule has 8 heteroatoms.